The number of hydrazone groups is 1. The number of hydrogen-bond donors (Lipinski definition) is 3. The summed E-state index contributed by atoms with van der Waals surface area (Å²) >= 11 is 0. The predicted molar refractivity (Wildman–Crippen MR) is 104 cm³/mol. The number of aromatic hydroxyl groups is 1. The molecule has 1 aromatic heterocycles. The van der Waals surface area contributed by atoms with Gasteiger partial charge in [0.1, 0.15) is 11.4 Å². The van der Waals surface area contributed by atoms with Crippen molar-refractivity contribution in [3.05, 3.63) is 45.0 Å². The van der Waals surface area contributed by atoms with Gasteiger partial charge in [-0.25, -0.2) is 9.89 Å². The van der Waals surface area contributed by atoms with Crippen molar-refractivity contribution in [3.63, 3.8) is 0 Å². The summed E-state index contributed by atoms with van der Waals surface area (Å²) in [6, 6.07) is 3.85. The first-order chi connectivity index (χ1) is 11.9. The number of aryl methyl sites for hydroxylation is 1. The molecule has 7 heteroatoms. The van der Waals surface area contributed by atoms with Gasteiger partial charge in [0.25, 0.3) is 0 Å². The fraction of sp³-hybridized carbons (Fsp3) is 0.474. The van der Waals surface area contributed by atoms with E-state index in [0.29, 0.717) is 17.3 Å². The van der Waals surface area contributed by atoms with Crippen LogP contribution in [0.2, 0.25) is 0 Å². The number of rotatable bonds is 3. The Labute approximate surface area is 153 Å². The minimum Gasteiger partial charge on any atom is -0.507 e. The minimum atomic E-state index is -0.539. The Morgan fingerprint density at radius 1 is 1.12 bits per heavy atom. The van der Waals surface area contributed by atoms with E-state index in [4.69, 9.17) is 0 Å². The van der Waals surface area contributed by atoms with Gasteiger partial charge in [-0.1, -0.05) is 41.5 Å². The molecule has 0 saturated heterocycles. The van der Waals surface area contributed by atoms with Crippen molar-refractivity contribution in [1.82, 2.24) is 15.2 Å². The lowest BCUT2D eigenvalue weighted by Crippen LogP contribution is -2.18. The van der Waals surface area contributed by atoms with E-state index in [-0.39, 0.29) is 10.8 Å². The van der Waals surface area contributed by atoms with Gasteiger partial charge in [0.15, 0.2) is 5.82 Å². The van der Waals surface area contributed by atoms with Crippen molar-refractivity contribution in [1.29, 1.82) is 0 Å². The number of benzene rings is 1. The van der Waals surface area contributed by atoms with Crippen LogP contribution in [0, 0.1) is 6.92 Å². The Morgan fingerprint density at radius 2 is 1.65 bits per heavy atom. The number of aromatic nitrogens is 3. The second-order valence-electron chi connectivity index (χ2n) is 8.41. The van der Waals surface area contributed by atoms with Crippen LogP contribution in [0.15, 0.2) is 22.0 Å². The molecule has 2 rings (SSSR count). The highest BCUT2D eigenvalue weighted by Crippen LogP contribution is 2.39. The van der Waals surface area contributed by atoms with Gasteiger partial charge >= 0.3 is 5.69 Å². The molecule has 0 saturated carbocycles. The number of H-pyrrole nitrogens is 1. The number of aromatic amines is 1. The van der Waals surface area contributed by atoms with Crippen molar-refractivity contribution in [2.24, 2.45) is 5.10 Å². The number of anilines is 1. The van der Waals surface area contributed by atoms with Crippen LogP contribution in [-0.4, -0.2) is 26.5 Å². The molecule has 2 aromatic rings. The number of nitrogens with zero attached hydrogens (tertiary/aromatic N) is 3. The molecule has 0 fully saturated rings. The number of hydrogen-bond acceptors (Lipinski definition) is 6. The summed E-state index contributed by atoms with van der Waals surface area (Å²) in [5.74, 6) is 0.627. The Kier molecular flexibility index (Phi) is 5.21. The Morgan fingerprint density at radius 3 is 2.15 bits per heavy atom. The van der Waals surface area contributed by atoms with Crippen LogP contribution in [0.4, 0.5) is 5.82 Å². The molecule has 3 N–H and O–H groups in total. The molecule has 0 radical (unpaired) electrons. The molecule has 26 heavy (non-hydrogen) atoms. The first-order valence-electron chi connectivity index (χ1n) is 8.50. The molecule has 0 spiro atoms. The van der Waals surface area contributed by atoms with Gasteiger partial charge in [0, 0.05) is 11.1 Å². The van der Waals surface area contributed by atoms with Crippen LogP contribution < -0.4 is 11.1 Å². The molecule has 0 aliphatic rings. The number of phenols is 1. The normalized spacial score (nSPS) is 12.6. The highest BCUT2D eigenvalue weighted by atomic mass is 16.3. The molecule has 140 valence electrons. The second-order valence-corrected chi connectivity index (χ2v) is 8.41. The van der Waals surface area contributed by atoms with E-state index in [1.54, 1.807) is 13.1 Å². The van der Waals surface area contributed by atoms with Gasteiger partial charge in [0.05, 0.1) is 6.21 Å². The van der Waals surface area contributed by atoms with Gasteiger partial charge < -0.3 is 5.11 Å². The maximum atomic E-state index is 11.3. The minimum absolute atomic E-state index is 0.212. The smallest absolute Gasteiger partial charge is 0.363 e. The molecule has 1 aromatic carbocycles. The predicted octanol–water partition coefficient (Wildman–Crippen LogP) is 3.22. The molecule has 0 amide bonds. The standard InChI is InChI=1S/C19H27N5O2/c1-11-16(21-17(26)24-22-11)23-20-10-12-8-13(18(2,3)4)15(25)14(9-12)19(5,6)7/h8-10,25H,1-7H3,(H2,21,23,24,26). The quantitative estimate of drug-likeness (QED) is 0.578. The summed E-state index contributed by atoms with van der Waals surface area (Å²) < 4.78 is 0. The zero-order valence-corrected chi connectivity index (χ0v) is 16.4. The summed E-state index contributed by atoms with van der Waals surface area (Å²) in [5.41, 5.74) is 4.89. The molecule has 0 bridgehead atoms. The third kappa shape index (κ3) is 4.47. The zero-order valence-electron chi connectivity index (χ0n) is 16.4. The Balaban J connectivity index is 2.43. The lowest BCUT2D eigenvalue weighted by Gasteiger charge is -2.27. The third-order valence-corrected chi connectivity index (χ3v) is 4.01. The van der Waals surface area contributed by atoms with E-state index >= 15 is 0 Å². The zero-order chi connectivity index (χ0) is 19.7. The average molecular weight is 357 g/mol. The van der Waals surface area contributed by atoms with E-state index in [1.807, 2.05) is 12.1 Å². The SMILES string of the molecule is Cc1n[nH]c(=O)nc1NN=Cc1cc(C(C)(C)C)c(O)c(C(C)(C)C)c1. The van der Waals surface area contributed by atoms with Gasteiger partial charge in [-0.3, -0.25) is 5.43 Å². The molecule has 1 heterocycles. The van der Waals surface area contributed by atoms with Crippen LogP contribution in [0.25, 0.3) is 0 Å². The molecule has 0 aliphatic carbocycles. The molecular weight excluding hydrogens is 330 g/mol. The molecule has 7 nitrogen and oxygen atoms in total. The van der Waals surface area contributed by atoms with E-state index in [2.05, 4.69) is 67.3 Å². The van der Waals surface area contributed by atoms with E-state index in [1.165, 1.54) is 0 Å². The van der Waals surface area contributed by atoms with Crippen LogP contribution >= 0.6 is 0 Å². The lowest BCUT2D eigenvalue weighted by atomic mass is 9.78. The van der Waals surface area contributed by atoms with Crippen molar-refractivity contribution in [2.75, 3.05) is 5.43 Å². The summed E-state index contributed by atoms with van der Waals surface area (Å²) in [6.07, 6.45) is 1.65. The van der Waals surface area contributed by atoms with Crippen molar-refractivity contribution in [3.8, 4) is 5.75 Å². The van der Waals surface area contributed by atoms with Crippen molar-refractivity contribution in [2.45, 2.75) is 59.3 Å². The Hall–Kier alpha value is -2.70. The molecule has 0 aliphatic heterocycles. The first kappa shape index (κ1) is 19.6. The Bertz CT molecular complexity index is 851. The third-order valence-electron chi connectivity index (χ3n) is 4.01. The van der Waals surface area contributed by atoms with Gasteiger partial charge in [0.2, 0.25) is 0 Å². The van der Waals surface area contributed by atoms with Crippen LogP contribution in [0.3, 0.4) is 0 Å². The van der Waals surface area contributed by atoms with E-state index in [9.17, 15) is 9.90 Å². The topological polar surface area (TPSA) is 103 Å². The maximum Gasteiger partial charge on any atom is 0.363 e. The van der Waals surface area contributed by atoms with E-state index in [0.717, 1.165) is 16.7 Å². The highest BCUT2D eigenvalue weighted by molar-refractivity contribution is 5.82. The lowest BCUT2D eigenvalue weighted by molar-refractivity contribution is 0.423. The summed E-state index contributed by atoms with van der Waals surface area (Å²) in [4.78, 5) is 15.1. The summed E-state index contributed by atoms with van der Waals surface area (Å²) in [5, 5.41) is 21.0. The van der Waals surface area contributed by atoms with Crippen LogP contribution in [0.1, 0.15) is 63.9 Å². The van der Waals surface area contributed by atoms with Crippen LogP contribution in [0.5, 0.6) is 5.75 Å². The van der Waals surface area contributed by atoms with Gasteiger partial charge in [-0.15, -0.1) is 0 Å². The van der Waals surface area contributed by atoms with Crippen molar-refractivity contribution >= 4 is 12.0 Å². The maximum absolute atomic E-state index is 11.3. The fourth-order valence-electron chi connectivity index (χ4n) is 2.54. The van der Waals surface area contributed by atoms with Gasteiger partial charge in [-0.2, -0.15) is 15.2 Å². The molecule has 0 atom stereocenters. The number of phenolic OH excluding ortho intramolecular Hbond substituents is 1. The fourth-order valence-corrected chi connectivity index (χ4v) is 2.54. The van der Waals surface area contributed by atoms with Crippen LogP contribution in [-0.2, 0) is 10.8 Å². The van der Waals surface area contributed by atoms with Gasteiger partial charge in [-0.05, 0) is 35.4 Å². The van der Waals surface area contributed by atoms with E-state index < -0.39 is 5.69 Å². The molecular formula is C19H27N5O2. The highest BCUT2D eigenvalue weighted by Gasteiger charge is 2.26. The monoisotopic (exact) mass is 357 g/mol. The number of nitrogens with one attached hydrogen (secondary N) is 2. The molecule has 0 unspecified atom stereocenters. The second kappa shape index (κ2) is 6.90. The van der Waals surface area contributed by atoms with Crippen molar-refractivity contribution < 1.29 is 5.11 Å². The largest absolute Gasteiger partial charge is 0.507 e. The summed E-state index contributed by atoms with van der Waals surface area (Å²) in [7, 11) is 0. The summed E-state index contributed by atoms with van der Waals surface area (Å²) in [6.45, 7) is 14.1. The first-order valence-corrected chi connectivity index (χ1v) is 8.50. The average Bonchev–Trinajstić information content (AvgIpc) is 2.49.